The Hall–Kier alpha value is -0.0400. The van der Waals surface area contributed by atoms with E-state index in [1.807, 2.05) is 6.07 Å². The van der Waals surface area contributed by atoms with E-state index < -0.39 is 6.10 Å². The molecule has 0 aliphatic rings. The maximum atomic E-state index is 10.2. The molecule has 1 N–H and O–H groups in total. The Balaban J connectivity index is 2.45. The molecule has 2 rings (SSSR count). The first-order chi connectivity index (χ1) is 7.59. The van der Waals surface area contributed by atoms with Gasteiger partial charge in [0.2, 0.25) is 0 Å². The van der Waals surface area contributed by atoms with E-state index in [0.717, 1.165) is 13.6 Å². The summed E-state index contributed by atoms with van der Waals surface area (Å²) in [4.78, 5) is 0. The number of hydrogen-bond donors (Lipinski definition) is 1. The zero-order chi connectivity index (χ0) is 11.7. The van der Waals surface area contributed by atoms with Gasteiger partial charge in [0.25, 0.3) is 0 Å². The summed E-state index contributed by atoms with van der Waals surface area (Å²) < 4.78 is 6.92. The minimum absolute atomic E-state index is 0.486. The fourth-order valence-corrected chi connectivity index (χ4v) is 2.60. The first kappa shape index (κ1) is 12.4. The Morgan fingerprint density at radius 2 is 2.12 bits per heavy atom. The molecule has 84 valence electrons. The number of furan rings is 1. The van der Waals surface area contributed by atoms with E-state index in [1.165, 1.54) is 6.26 Å². The zero-order valence-electron chi connectivity index (χ0n) is 7.95. The van der Waals surface area contributed by atoms with Crippen LogP contribution in [0, 0.1) is 3.57 Å². The third kappa shape index (κ3) is 2.45. The molecule has 16 heavy (non-hydrogen) atoms. The van der Waals surface area contributed by atoms with E-state index in [-0.39, 0.29) is 0 Å². The Morgan fingerprint density at radius 3 is 2.75 bits per heavy atom. The lowest BCUT2D eigenvalue weighted by Gasteiger charge is -2.11. The predicted molar refractivity (Wildman–Crippen MR) is 74.6 cm³/mol. The maximum Gasteiger partial charge on any atom is 0.150 e. The first-order valence-corrected chi connectivity index (χ1v) is 6.70. The fourth-order valence-electron chi connectivity index (χ4n) is 1.37. The summed E-state index contributed by atoms with van der Waals surface area (Å²) in [5, 5.41) is 10.8. The number of benzene rings is 1. The Morgan fingerprint density at radius 1 is 1.38 bits per heavy atom. The lowest BCUT2D eigenvalue weighted by Crippen LogP contribution is -2.01. The van der Waals surface area contributed by atoms with Crippen LogP contribution < -0.4 is 0 Å². The van der Waals surface area contributed by atoms with Crippen molar-refractivity contribution >= 4 is 50.1 Å². The Bertz CT molecular complexity index is 512. The average Bonchev–Trinajstić information content (AvgIpc) is 2.67. The molecular formula is C11H7BrClIO2. The quantitative estimate of drug-likeness (QED) is 0.742. The molecule has 0 amide bonds. The molecule has 1 aromatic heterocycles. The molecule has 0 fully saturated rings. The van der Waals surface area contributed by atoms with Crippen molar-refractivity contribution in [3.05, 3.63) is 54.9 Å². The molecule has 5 heteroatoms. The summed E-state index contributed by atoms with van der Waals surface area (Å²) in [6.45, 7) is 0. The number of hydrogen-bond acceptors (Lipinski definition) is 2. The van der Waals surface area contributed by atoms with Crippen LogP contribution in [0.1, 0.15) is 17.4 Å². The molecule has 1 unspecified atom stereocenters. The first-order valence-electron chi connectivity index (χ1n) is 4.45. The van der Waals surface area contributed by atoms with Gasteiger partial charge in [-0.05, 0) is 62.8 Å². The largest absolute Gasteiger partial charge is 0.465 e. The number of rotatable bonds is 2. The summed E-state index contributed by atoms with van der Waals surface area (Å²) in [6, 6.07) is 7.13. The minimum Gasteiger partial charge on any atom is -0.465 e. The fraction of sp³-hybridized carbons (Fsp3) is 0.0909. The highest BCUT2D eigenvalue weighted by Gasteiger charge is 2.19. The van der Waals surface area contributed by atoms with Crippen molar-refractivity contribution in [1.82, 2.24) is 0 Å². The molecular weight excluding hydrogens is 406 g/mol. The van der Waals surface area contributed by atoms with Gasteiger partial charge in [-0.25, -0.2) is 0 Å². The smallest absolute Gasteiger partial charge is 0.150 e. The van der Waals surface area contributed by atoms with Gasteiger partial charge in [0, 0.05) is 14.2 Å². The van der Waals surface area contributed by atoms with Crippen LogP contribution >= 0.6 is 50.1 Å². The molecule has 2 nitrogen and oxygen atoms in total. The normalized spacial score (nSPS) is 12.8. The molecule has 0 aliphatic heterocycles. The number of aliphatic hydroxyl groups is 1. The Kier molecular flexibility index (Phi) is 3.94. The van der Waals surface area contributed by atoms with Crippen molar-refractivity contribution in [2.24, 2.45) is 0 Å². The number of aliphatic hydroxyl groups excluding tert-OH is 1. The molecule has 0 saturated carbocycles. The van der Waals surface area contributed by atoms with Crippen molar-refractivity contribution in [1.29, 1.82) is 0 Å². The second-order valence-corrected chi connectivity index (χ2v) is 5.65. The second-order valence-electron chi connectivity index (χ2n) is 3.20. The van der Waals surface area contributed by atoms with Gasteiger partial charge in [-0.2, -0.15) is 0 Å². The van der Waals surface area contributed by atoms with Gasteiger partial charge in [-0.1, -0.05) is 11.6 Å². The van der Waals surface area contributed by atoms with Gasteiger partial charge in [-0.15, -0.1) is 0 Å². The average molecular weight is 413 g/mol. The SMILES string of the molecule is OC(c1cc(Cl)ccc1I)c1occc1Br. The predicted octanol–water partition coefficient (Wildman–Crippen LogP) is 4.38. The van der Waals surface area contributed by atoms with Crippen molar-refractivity contribution in [2.45, 2.75) is 6.10 Å². The van der Waals surface area contributed by atoms with Crippen molar-refractivity contribution in [3.8, 4) is 0 Å². The zero-order valence-corrected chi connectivity index (χ0v) is 12.5. The maximum absolute atomic E-state index is 10.2. The molecule has 1 heterocycles. The lowest BCUT2D eigenvalue weighted by atomic mass is 10.1. The van der Waals surface area contributed by atoms with Crippen LogP contribution in [0.15, 0.2) is 39.4 Å². The third-order valence-electron chi connectivity index (χ3n) is 2.15. The number of halogens is 3. The van der Waals surface area contributed by atoms with Gasteiger partial charge < -0.3 is 9.52 Å². The van der Waals surface area contributed by atoms with Crippen LogP contribution in [0.4, 0.5) is 0 Å². The summed E-state index contributed by atoms with van der Waals surface area (Å²) in [6.07, 6.45) is 0.718. The molecule has 1 atom stereocenters. The molecule has 0 bridgehead atoms. The molecule has 1 aromatic carbocycles. The van der Waals surface area contributed by atoms with Gasteiger partial charge in [0.05, 0.1) is 10.7 Å². The lowest BCUT2D eigenvalue weighted by molar-refractivity contribution is 0.187. The Labute approximate surface area is 120 Å². The van der Waals surface area contributed by atoms with Crippen LogP contribution in [0.2, 0.25) is 5.02 Å². The van der Waals surface area contributed by atoms with E-state index in [0.29, 0.717) is 10.8 Å². The van der Waals surface area contributed by atoms with Gasteiger partial charge in [-0.3, -0.25) is 0 Å². The van der Waals surface area contributed by atoms with E-state index in [1.54, 1.807) is 18.2 Å². The van der Waals surface area contributed by atoms with Crippen LogP contribution in [0.25, 0.3) is 0 Å². The van der Waals surface area contributed by atoms with Crippen LogP contribution in [-0.4, -0.2) is 5.11 Å². The topological polar surface area (TPSA) is 33.4 Å². The molecule has 0 spiro atoms. The molecule has 2 aromatic rings. The van der Waals surface area contributed by atoms with E-state index >= 15 is 0 Å². The standard InChI is InChI=1S/C11H7BrClIO2/c12-8-3-4-16-11(8)10(15)7-5-6(13)1-2-9(7)14/h1-5,10,15H. The second kappa shape index (κ2) is 5.08. The van der Waals surface area contributed by atoms with Crippen molar-refractivity contribution in [3.63, 3.8) is 0 Å². The van der Waals surface area contributed by atoms with Crippen molar-refractivity contribution in [2.75, 3.05) is 0 Å². The highest BCUT2D eigenvalue weighted by atomic mass is 127. The van der Waals surface area contributed by atoms with Crippen molar-refractivity contribution < 1.29 is 9.52 Å². The van der Waals surface area contributed by atoms with Gasteiger partial charge in [0.1, 0.15) is 6.10 Å². The highest BCUT2D eigenvalue weighted by molar-refractivity contribution is 14.1. The third-order valence-corrected chi connectivity index (χ3v) is 4.02. The van der Waals surface area contributed by atoms with Gasteiger partial charge in [0.15, 0.2) is 5.76 Å². The van der Waals surface area contributed by atoms with E-state index in [4.69, 9.17) is 16.0 Å². The monoisotopic (exact) mass is 412 g/mol. The summed E-state index contributed by atoms with van der Waals surface area (Å²) in [7, 11) is 0. The van der Waals surface area contributed by atoms with Crippen LogP contribution in [0.3, 0.4) is 0 Å². The van der Waals surface area contributed by atoms with Gasteiger partial charge >= 0.3 is 0 Å². The van der Waals surface area contributed by atoms with Crippen LogP contribution in [-0.2, 0) is 0 Å². The summed E-state index contributed by atoms with van der Waals surface area (Å²) in [5.41, 5.74) is 0.740. The summed E-state index contributed by atoms with van der Waals surface area (Å²) in [5.74, 6) is 0.486. The molecule has 0 aliphatic carbocycles. The summed E-state index contributed by atoms with van der Waals surface area (Å²) >= 11 is 11.4. The minimum atomic E-state index is -0.810. The van der Waals surface area contributed by atoms with E-state index in [9.17, 15) is 5.11 Å². The highest BCUT2D eigenvalue weighted by Crippen LogP contribution is 2.32. The molecule has 0 saturated heterocycles. The molecule has 0 radical (unpaired) electrons. The van der Waals surface area contributed by atoms with E-state index in [2.05, 4.69) is 38.5 Å². The van der Waals surface area contributed by atoms with Crippen LogP contribution in [0.5, 0.6) is 0 Å².